The minimum absolute atomic E-state index is 0.173. The third-order valence-electron chi connectivity index (χ3n) is 4.75. The summed E-state index contributed by atoms with van der Waals surface area (Å²) >= 11 is 0. The van der Waals surface area contributed by atoms with Crippen LogP contribution in [0.5, 0.6) is 0 Å². The largest absolute Gasteiger partial charge is 0.468 e. The van der Waals surface area contributed by atoms with E-state index >= 15 is 0 Å². The fourth-order valence-electron chi connectivity index (χ4n) is 3.64. The van der Waals surface area contributed by atoms with Gasteiger partial charge in [-0.2, -0.15) is 4.31 Å². The van der Waals surface area contributed by atoms with E-state index in [0.717, 1.165) is 37.9 Å². The van der Waals surface area contributed by atoms with Gasteiger partial charge in [0.15, 0.2) is 0 Å². The van der Waals surface area contributed by atoms with Crippen LogP contribution < -0.4 is 0 Å². The Morgan fingerprint density at radius 1 is 1.09 bits per heavy atom. The van der Waals surface area contributed by atoms with Crippen molar-refractivity contribution in [3.8, 4) is 0 Å². The molecule has 0 unspecified atom stereocenters. The van der Waals surface area contributed by atoms with Crippen LogP contribution in [0.4, 0.5) is 0 Å². The number of rotatable bonds is 3. The molecule has 0 N–H and O–H groups in total. The monoisotopic (exact) mass is 317 g/mol. The van der Waals surface area contributed by atoms with Crippen LogP contribution in [-0.4, -0.2) is 19.3 Å². The van der Waals surface area contributed by atoms with Crippen LogP contribution in [-0.2, 0) is 22.9 Å². The van der Waals surface area contributed by atoms with Gasteiger partial charge in [0.25, 0.3) is 0 Å². The topological polar surface area (TPSA) is 50.5 Å². The summed E-state index contributed by atoms with van der Waals surface area (Å²) in [4.78, 5) is 0.423. The third-order valence-corrected chi connectivity index (χ3v) is 6.66. The molecular formula is C17H19NO3S. The van der Waals surface area contributed by atoms with E-state index in [1.54, 1.807) is 16.6 Å². The average Bonchev–Trinajstić information content (AvgIpc) is 3.25. The molecule has 0 spiro atoms. The molecule has 1 atom stereocenters. The van der Waals surface area contributed by atoms with E-state index in [2.05, 4.69) is 0 Å². The van der Waals surface area contributed by atoms with E-state index < -0.39 is 10.0 Å². The van der Waals surface area contributed by atoms with Gasteiger partial charge in [-0.1, -0.05) is 6.07 Å². The van der Waals surface area contributed by atoms with Crippen molar-refractivity contribution >= 4 is 10.0 Å². The van der Waals surface area contributed by atoms with Crippen molar-refractivity contribution in [1.29, 1.82) is 0 Å². The summed E-state index contributed by atoms with van der Waals surface area (Å²) in [5.41, 5.74) is 2.48. The highest BCUT2D eigenvalue weighted by atomic mass is 32.2. The van der Waals surface area contributed by atoms with Gasteiger partial charge in [0.2, 0.25) is 10.0 Å². The second-order valence-corrected chi connectivity index (χ2v) is 7.96. The highest BCUT2D eigenvalue weighted by molar-refractivity contribution is 7.89. The van der Waals surface area contributed by atoms with E-state index in [9.17, 15) is 8.42 Å². The van der Waals surface area contributed by atoms with E-state index in [1.807, 2.05) is 24.3 Å². The summed E-state index contributed by atoms with van der Waals surface area (Å²) in [7, 11) is -3.46. The molecule has 1 aromatic heterocycles. The molecule has 0 bridgehead atoms. The standard InChI is InChI=1S/C17H19NO3S/c19-22(20,15-9-8-13-4-1-5-14(13)12-15)18-10-2-6-16(18)17-7-3-11-21-17/h3,7-9,11-12,16H,1-2,4-6,10H2/t16-/m0/s1. The third kappa shape index (κ3) is 2.20. The van der Waals surface area contributed by atoms with Crippen LogP contribution in [0.25, 0.3) is 0 Å². The summed E-state index contributed by atoms with van der Waals surface area (Å²) in [5, 5.41) is 0. The first-order valence-corrected chi connectivity index (χ1v) is 9.27. The summed E-state index contributed by atoms with van der Waals surface area (Å²) < 4.78 is 33.1. The van der Waals surface area contributed by atoms with Crippen molar-refractivity contribution in [3.63, 3.8) is 0 Å². The van der Waals surface area contributed by atoms with E-state index in [4.69, 9.17) is 4.42 Å². The smallest absolute Gasteiger partial charge is 0.243 e. The number of aryl methyl sites for hydroxylation is 2. The first-order chi connectivity index (χ1) is 10.7. The Labute approximate surface area is 130 Å². The predicted octanol–water partition coefficient (Wildman–Crippen LogP) is 3.29. The van der Waals surface area contributed by atoms with E-state index in [-0.39, 0.29) is 6.04 Å². The molecule has 2 heterocycles. The Morgan fingerprint density at radius 2 is 1.95 bits per heavy atom. The van der Waals surface area contributed by atoms with Gasteiger partial charge in [0, 0.05) is 6.54 Å². The minimum atomic E-state index is -3.46. The zero-order chi connectivity index (χ0) is 15.2. The van der Waals surface area contributed by atoms with Crippen LogP contribution in [0, 0.1) is 0 Å². The molecule has 2 aromatic rings. The highest BCUT2D eigenvalue weighted by Crippen LogP contribution is 2.37. The summed E-state index contributed by atoms with van der Waals surface area (Å²) in [5.74, 6) is 0.738. The zero-order valence-corrected chi connectivity index (χ0v) is 13.2. The molecule has 5 heteroatoms. The number of sulfonamides is 1. The molecule has 1 fully saturated rings. The first-order valence-electron chi connectivity index (χ1n) is 7.83. The number of furan rings is 1. The van der Waals surface area contributed by atoms with Crippen molar-refractivity contribution in [2.24, 2.45) is 0 Å². The highest BCUT2D eigenvalue weighted by Gasteiger charge is 2.37. The van der Waals surface area contributed by atoms with Crippen LogP contribution in [0.15, 0.2) is 45.9 Å². The summed E-state index contributed by atoms with van der Waals surface area (Å²) in [6, 6.07) is 9.11. The first kappa shape index (κ1) is 14.0. The summed E-state index contributed by atoms with van der Waals surface area (Å²) in [6.45, 7) is 0.560. The number of benzene rings is 1. The maximum Gasteiger partial charge on any atom is 0.243 e. The second-order valence-electron chi connectivity index (χ2n) is 6.07. The van der Waals surface area contributed by atoms with Gasteiger partial charge in [-0.3, -0.25) is 0 Å². The quantitative estimate of drug-likeness (QED) is 0.873. The lowest BCUT2D eigenvalue weighted by Gasteiger charge is -2.23. The maximum absolute atomic E-state index is 13.0. The molecule has 1 aliphatic heterocycles. The lowest BCUT2D eigenvalue weighted by molar-refractivity contribution is 0.340. The van der Waals surface area contributed by atoms with Crippen molar-refractivity contribution < 1.29 is 12.8 Å². The average molecular weight is 317 g/mol. The van der Waals surface area contributed by atoms with E-state index in [1.165, 1.54) is 11.1 Å². The van der Waals surface area contributed by atoms with Gasteiger partial charge in [-0.15, -0.1) is 0 Å². The van der Waals surface area contributed by atoms with E-state index in [0.29, 0.717) is 11.4 Å². The maximum atomic E-state index is 13.0. The van der Waals surface area contributed by atoms with Gasteiger partial charge in [-0.25, -0.2) is 8.42 Å². The molecule has 0 saturated carbocycles. The van der Waals surface area contributed by atoms with Crippen LogP contribution in [0.1, 0.15) is 42.2 Å². The Hall–Kier alpha value is -1.59. The second kappa shape index (κ2) is 5.25. The molecule has 116 valence electrons. The van der Waals surface area contributed by atoms with Gasteiger partial charge >= 0.3 is 0 Å². The number of nitrogens with zero attached hydrogens (tertiary/aromatic N) is 1. The zero-order valence-electron chi connectivity index (χ0n) is 12.4. The Kier molecular flexibility index (Phi) is 3.35. The normalized spacial score (nSPS) is 22.1. The van der Waals surface area contributed by atoms with Gasteiger partial charge < -0.3 is 4.42 Å². The molecule has 4 rings (SSSR count). The SMILES string of the molecule is O=S(=O)(c1ccc2c(c1)CCC2)N1CCC[C@H]1c1ccco1. The van der Waals surface area contributed by atoms with Crippen molar-refractivity contribution in [3.05, 3.63) is 53.5 Å². The number of fused-ring (bicyclic) bond motifs is 1. The Balaban J connectivity index is 1.71. The Morgan fingerprint density at radius 3 is 2.77 bits per heavy atom. The fraction of sp³-hybridized carbons (Fsp3) is 0.412. The molecule has 1 saturated heterocycles. The van der Waals surface area contributed by atoms with Crippen molar-refractivity contribution in [2.45, 2.75) is 43.0 Å². The molecule has 0 radical (unpaired) electrons. The van der Waals surface area contributed by atoms with Gasteiger partial charge in [0.05, 0.1) is 17.2 Å². The fourth-order valence-corrected chi connectivity index (χ4v) is 5.35. The molecule has 2 aliphatic rings. The molecule has 0 amide bonds. The lowest BCUT2D eigenvalue weighted by Crippen LogP contribution is -2.30. The van der Waals surface area contributed by atoms with Gasteiger partial charge in [0.1, 0.15) is 5.76 Å². The van der Waals surface area contributed by atoms with Crippen LogP contribution in [0.2, 0.25) is 0 Å². The molecule has 22 heavy (non-hydrogen) atoms. The van der Waals surface area contributed by atoms with Crippen molar-refractivity contribution in [2.75, 3.05) is 6.54 Å². The minimum Gasteiger partial charge on any atom is -0.468 e. The lowest BCUT2D eigenvalue weighted by atomic mass is 10.1. The molecule has 1 aliphatic carbocycles. The number of hydrogen-bond acceptors (Lipinski definition) is 3. The summed E-state index contributed by atoms with van der Waals surface area (Å²) in [6.07, 6.45) is 6.47. The number of hydrogen-bond donors (Lipinski definition) is 0. The Bertz CT molecular complexity index is 780. The molecule has 4 nitrogen and oxygen atoms in total. The molecule has 1 aromatic carbocycles. The van der Waals surface area contributed by atoms with Gasteiger partial charge in [-0.05, 0) is 67.5 Å². The van der Waals surface area contributed by atoms with Crippen molar-refractivity contribution in [1.82, 2.24) is 4.31 Å². The van der Waals surface area contributed by atoms with Crippen LogP contribution >= 0.6 is 0 Å². The molecular weight excluding hydrogens is 298 g/mol. The van der Waals surface area contributed by atoms with Crippen LogP contribution in [0.3, 0.4) is 0 Å². The predicted molar refractivity (Wildman–Crippen MR) is 83.0 cm³/mol.